The summed E-state index contributed by atoms with van der Waals surface area (Å²) in [7, 11) is 0. The quantitative estimate of drug-likeness (QED) is 0.879. The fourth-order valence-electron chi connectivity index (χ4n) is 4.62. The van der Waals surface area contributed by atoms with Crippen LogP contribution in [0, 0.1) is 0 Å². The van der Waals surface area contributed by atoms with E-state index >= 15 is 0 Å². The van der Waals surface area contributed by atoms with Gasteiger partial charge in [0.05, 0.1) is 17.6 Å². The number of aromatic amines is 1. The predicted molar refractivity (Wildman–Crippen MR) is 107 cm³/mol. The first-order valence-electron chi connectivity index (χ1n) is 10.4. The highest BCUT2D eigenvalue weighted by Gasteiger charge is 2.48. The van der Waals surface area contributed by atoms with E-state index < -0.39 is 0 Å². The van der Waals surface area contributed by atoms with Gasteiger partial charge in [0.2, 0.25) is 5.91 Å². The van der Waals surface area contributed by atoms with E-state index in [-0.39, 0.29) is 11.4 Å². The van der Waals surface area contributed by atoms with Crippen molar-refractivity contribution in [3.8, 4) is 0 Å². The molecule has 0 radical (unpaired) electrons. The van der Waals surface area contributed by atoms with Crippen molar-refractivity contribution in [2.24, 2.45) is 0 Å². The Labute approximate surface area is 166 Å². The van der Waals surface area contributed by atoms with Crippen molar-refractivity contribution in [3.05, 3.63) is 41.5 Å². The fraction of sp³-hybridized carbons (Fsp3) is 0.619. The lowest BCUT2D eigenvalue weighted by Crippen LogP contribution is -2.58. The van der Waals surface area contributed by atoms with Crippen LogP contribution in [0.5, 0.6) is 0 Å². The van der Waals surface area contributed by atoms with Gasteiger partial charge in [-0.1, -0.05) is 20.8 Å². The molecule has 2 aromatic rings. The molecule has 150 valence electrons. The lowest BCUT2D eigenvalue weighted by atomic mass is 9.78. The summed E-state index contributed by atoms with van der Waals surface area (Å²) >= 11 is 0. The number of aromatic nitrogens is 4. The molecule has 1 fully saturated rings. The number of fused-ring (bicyclic) bond motifs is 2. The molecule has 4 heterocycles. The highest BCUT2D eigenvalue weighted by molar-refractivity contribution is 5.77. The van der Waals surface area contributed by atoms with Crippen molar-refractivity contribution >= 4 is 5.91 Å². The first-order valence-corrected chi connectivity index (χ1v) is 10.4. The molecule has 2 aliphatic heterocycles. The van der Waals surface area contributed by atoms with Crippen LogP contribution in [0.2, 0.25) is 0 Å². The van der Waals surface area contributed by atoms with E-state index in [1.165, 1.54) is 5.69 Å². The number of nitrogens with zero attached hydrogens (tertiary/aromatic N) is 5. The van der Waals surface area contributed by atoms with Crippen molar-refractivity contribution in [2.45, 2.75) is 64.5 Å². The molecule has 0 aliphatic carbocycles. The Bertz CT molecular complexity index is 820. The standard InChI is InChI=1S/C21H30N6O/c1-4-18(28)27-8-5-17-19(25-14-24-17)21(27)6-9-26(10-7-21)13-16-11-22-20(15(2)3)23-12-16/h11-12,14-15H,4-10,13H2,1-3H3,(H,24,25). The largest absolute Gasteiger partial charge is 0.348 e. The van der Waals surface area contributed by atoms with Gasteiger partial charge in [-0.25, -0.2) is 15.0 Å². The topological polar surface area (TPSA) is 78.0 Å². The molecule has 2 aromatic heterocycles. The predicted octanol–water partition coefficient (Wildman–Crippen LogP) is 2.61. The third-order valence-electron chi connectivity index (χ3n) is 6.20. The van der Waals surface area contributed by atoms with Crippen molar-refractivity contribution in [2.75, 3.05) is 19.6 Å². The van der Waals surface area contributed by atoms with Crippen LogP contribution < -0.4 is 0 Å². The minimum absolute atomic E-state index is 0.236. The summed E-state index contributed by atoms with van der Waals surface area (Å²) < 4.78 is 0. The zero-order valence-electron chi connectivity index (χ0n) is 17.1. The van der Waals surface area contributed by atoms with Crippen LogP contribution in [-0.4, -0.2) is 55.3 Å². The average Bonchev–Trinajstić information content (AvgIpc) is 3.20. The summed E-state index contributed by atoms with van der Waals surface area (Å²) in [5, 5.41) is 0. The molecule has 28 heavy (non-hydrogen) atoms. The van der Waals surface area contributed by atoms with Crippen LogP contribution in [-0.2, 0) is 23.3 Å². The van der Waals surface area contributed by atoms with Crippen molar-refractivity contribution < 1.29 is 4.79 Å². The number of hydrogen-bond acceptors (Lipinski definition) is 5. The number of H-pyrrole nitrogens is 1. The van der Waals surface area contributed by atoms with Crippen LogP contribution in [0.15, 0.2) is 18.7 Å². The summed E-state index contributed by atoms with van der Waals surface area (Å²) in [6.07, 6.45) is 8.93. The first-order chi connectivity index (χ1) is 13.5. The molecule has 1 amide bonds. The van der Waals surface area contributed by atoms with Crippen molar-refractivity contribution in [1.82, 2.24) is 29.7 Å². The number of carbonyl (C=O) groups is 1. The zero-order chi connectivity index (χ0) is 19.7. The van der Waals surface area contributed by atoms with Crippen LogP contribution in [0.1, 0.15) is 68.7 Å². The van der Waals surface area contributed by atoms with E-state index in [0.29, 0.717) is 12.3 Å². The molecule has 0 unspecified atom stereocenters. The molecule has 4 rings (SSSR count). The van der Waals surface area contributed by atoms with Gasteiger partial charge in [0.25, 0.3) is 0 Å². The molecular formula is C21H30N6O. The number of rotatable bonds is 4. The van der Waals surface area contributed by atoms with Gasteiger partial charge in [0, 0.05) is 68.6 Å². The SMILES string of the molecule is CCC(=O)N1CCc2[nH]cnc2C12CCN(Cc1cnc(C(C)C)nc1)CC2. The minimum atomic E-state index is -0.255. The first kappa shape index (κ1) is 19.1. The molecule has 1 saturated heterocycles. The van der Waals surface area contributed by atoms with E-state index in [2.05, 4.69) is 43.6 Å². The van der Waals surface area contributed by atoms with Gasteiger partial charge >= 0.3 is 0 Å². The molecule has 2 aliphatic rings. The summed E-state index contributed by atoms with van der Waals surface area (Å²) in [6, 6.07) is 0. The number of piperidine rings is 1. The highest BCUT2D eigenvalue weighted by Crippen LogP contribution is 2.42. The second-order valence-corrected chi connectivity index (χ2v) is 8.29. The third-order valence-corrected chi connectivity index (χ3v) is 6.20. The van der Waals surface area contributed by atoms with Gasteiger partial charge < -0.3 is 9.88 Å². The number of imidazole rings is 1. The molecule has 7 heteroatoms. The van der Waals surface area contributed by atoms with Crippen LogP contribution in [0.25, 0.3) is 0 Å². The Hall–Kier alpha value is -2.28. The van der Waals surface area contributed by atoms with E-state index in [4.69, 9.17) is 0 Å². The molecule has 1 spiro atoms. The van der Waals surface area contributed by atoms with Crippen LogP contribution >= 0.6 is 0 Å². The zero-order valence-corrected chi connectivity index (χ0v) is 17.1. The van der Waals surface area contributed by atoms with Crippen LogP contribution in [0.4, 0.5) is 0 Å². The maximum Gasteiger partial charge on any atom is 0.223 e. The van der Waals surface area contributed by atoms with Crippen LogP contribution in [0.3, 0.4) is 0 Å². The monoisotopic (exact) mass is 382 g/mol. The number of nitrogens with one attached hydrogen (secondary N) is 1. The number of carbonyl (C=O) groups excluding carboxylic acids is 1. The number of likely N-dealkylation sites (tertiary alicyclic amines) is 1. The van der Waals surface area contributed by atoms with Gasteiger partial charge in [-0.15, -0.1) is 0 Å². The molecular weight excluding hydrogens is 352 g/mol. The second-order valence-electron chi connectivity index (χ2n) is 8.29. The van der Waals surface area contributed by atoms with E-state index in [1.807, 2.05) is 19.3 Å². The molecule has 0 atom stereocenters. The minimum Gasteiger partial charge on any atom is -0.348 e. The Balaban J connectivity index is 1.49. The molecule has 1 N–H and O–H groups in total. The van der Waals surface area contributed by atoms with Gasteiger partial charge in [0.15, 0.2) is 0 Å². The normalized spacial score (nSPS) is 19.2. The van der Waals surface area contributed by atoms with E-state index in [9.17, 15) is 4.79 Å². The number of amides is 1. The molecule has 7 nitrogen and oxygen atoms in total. The Kier molecular flexibility index (Phi) is 5.19. The molecule has 0 saturated carbocycles. The lowest BCUT2D eigenvalue weighted by Gasteiger charge is -2.50. The smallest absolute Gasteiger partial charge is 0.223 e. The summed E-state index contributed by atoms with van der Waals surface area (Å²) in [6.45, 7) is 9.67. The Morgan fingerprint density at radius 1 is 1.18 bits per heavy atom. The van der Waals surface area contributed by atoms with Gasteiger partial charge in [-0.3, -0.25) is 9.69 Å². The number of hydrogen-bond donors (Lipinski definition) is 1. The highest BCUT2D eigenvalue weighted by atomic mass is 16.2. The lowest BCUT2D eigenvalue weighted by molar-refractivity contribution is -0.141. The Morgan fingerprint density at radius 3 is 2.54 bits per heavy atom. The average molecular weight is 383 g/mol. The van der Waals surface area contributed by atoms with E-state index in [1.54, 1.807) is 6.33 Å². The van der Waals surface area contributed by atoms with E-state index in [0.717, 1.165) is 62.5 Å². The summed E-state index contributed by atoms with van der Waals surface area (Å²) in [5.41, 5.74) is 3.18. The van der Waals surface area contributed by atoms with Crippen molar-refractivity contribution in [3.63, 3.8) is 0 Å². The summed E-state index contributed by atoms with van der Waals surface area (Å²) in [5.74, 6) is 1.48. The maximum absolute atomic E-state index is 12.7. The fourth-order valence-corrected chi connectivity index (χ4v) is 4.62. The van der Waals surface area contributed by atoms with Crippen molar-refractivity contribution in [1.29, 1.82) is 0 Å². The Morgan fingerprint density at radius 2 is 1.89 bits per heavy atom. The molecule has 0 aromatic carbocycles. The van der Waals surface area contributed by atoms with Gasteiger partial charge in [-0.2, -0.15) is 0 Å². The third kappa shape index (κ3) is 3.32. The summed E-state index contributed by atoms with van der Waals surface area (Å²) in [4.78, 5) is 34.2. The van der Waals surface area contributed by atoms with Gasteiger partial charge in [-0.05, 0) is 12.8 Å². The maximum atomic E-state index is 12.7. The molecule has 0 bridgehead atoms. The van der Waals surface area contributed by atoms with Gasteiger partial charge in [0.1, 0.15) is 5.82 Å². The second kappa shape index (κ2) is 7.62.